The Hall–Kier alpha value is -2.25. The van der Waals surface area contributed by atoms with Gasteiger partial charge in [-0.3, -0.25) is 9.59 Å². The third kappa shape index (κ3) is 3.62. The topological polar surface area (TPSA) is 144 Å². The summed E-state index contributed by atoms with van der Waals surface area (Å²) in [7, 11) is 0. The van der Waals surface area contributed by atoms with E-state index >= 15 is 0 Å². The molecule has 0 unspecified atom stereocenters. The maximum atomic E-state index is 12.1. The number of carbonyl (C=O) groups excluding carboxylic acids is 1. The van der Waals surface area contributed by atoms with Crippen molar-refractivity contribution in [3.63, 3.8) is 0 Å². The van der Waals surface area contributed by atoms with Gasteiger partial charge in [0.05, 0.1) is 12.5 Å². The van der Waals surface area contributed by atoms with Crippen molar-refractivity contribution in [1.82, 2.24) is 0 Å². The molecule has 108 valence electrons. The van der Waals surface area contributed by atoms with Gasteiger partial charge in [-0.1, -0.05) is 30.3 Å². The van der Waals surface area contributed by atoms with Crippen molar-refractivity contribution < 1.29 is 24.6 Å². The fourth-order valence-corrected chi connectivity index (χ4v) is 1.80. The number of rotatable bonds is 7. The van der Waals surface area contributed by atoms with Gasteiger partial charge in [0.15, 0.2) is 11.3 Å². The molecule has 0 aliphatic carbocycles. The second-order valence-corrected chi connectivity index (χ2v) is 4.51. The van der Waals surface area contributed by atoms with E-state index in [-0.39, 0.29) is 6.42 Å². The lowest BCUT2D eigenvalue weighted by molar-refractivity contribution is -0.150. The largest absolute Gasteiger partial charge is 0.481 e. The van der Waals surface area contributed by atoms with Crippen molar-refractivity contribution in [1.29, 1.82) is 0 Å². The molecule has 1 aromatic rings. The van der Waals surface area contributed by atoms with Crippen LogP contribution in [0.25, 0.3) is 0 Å². The molecule has 0 saturated heterocycles. The first-order valence-corrected chi connectivity index (χ1v) is 5.85. The molecule has 1 rings (SSSR count). The van der Waals surface area contributed by atoms with Crippen LogP contribution >= 0.6 is 0 Å². The molecule has 7 nitrogen and oxygen atoms in total. The third-order valence-corrected chi connectivity index (χ3v) is 2.88. The van der Waals surface area contributed by atoms with Gasteiger partial charge in [-0.2, -0.15) is 0 Å². The van der Waals surface area contributed by atoms with Gasteiger partial charge in [0.1, 0.15) is 0 Å². The number of nitrogens with two attached hydrogens (primary N) is 2. The van der Waals surface area contributed by atoms with Crippen LogP contribution in [-0.2, 0) is 20.8 Å². The Morgan fingerprint density at radius 2 is 1.70 bits per heavy atom. The summed E-state index contributed by atoms with van der Waals surface area (Å²) >= 11 is 0. The van der Waals surface area contributed by atoms with E-state index in [2.05, 4.69) is 0 Å². The number of hydrogen-bond donors (Lipinski definition) is 4. The molecule has 0 aliphatic rings. The monoisotopic (exact) mass is 280 g/mol. The molecule has 0 heterocycles. The lowest BCUT2D eigenvalue weighted by atomic mass is 9.83. The van der Waals surface area contributed by atoms with E-state index in [4.69, 9.17) is 16.6 Å². The van der Waals surface area contributed by atoms with E-state index in [0.717, 1.165) is 0 Å². The zero-order valence-corrected chi connectivity index (χ0v) is 10.7. The average Bonchev–Trinajstić information content (AvgIpc) is 2.37. The van der Waals surface area contributed by atoms with E-state index in [1.165, 1.54) is 0 Å². The lowest BCUT2D eigenvalue weighted by Crippen LogP contribution is -2.61. The molecule has 0 aliphatic heterocycles. The summed E-state index contributed by atoms with van der Waals surface area (Å²) < 4.78 is 0. The molecule has 0 bridgehead atoms. The molecule has 1 aromatic carbocycles. The van der Waals surface area contributed by atoms with Gasteiger partial charge >= 0.3 is 11.9 Å². The quantitative estimate of drug-likeness (QED) is 0.487. The molecule has 2 atom stereocenters. The van der Waals surface area contributed by atoms with Gasteiger partial charge in [-0.05, 0) is 5.56 Å². The standard InChI is InChI=1S/C13H16N2O5/c14-9(6-10(16)17)11(18)13(15,12(19)20)7-8-4-2-1-3-5-8/h1-5,9H,6-7,14-15H2,(H,16,17)(H,19,20)/t9-,13+/m0/s1. The van der Waals surface area contributed by atoms with E-state index in [0.29, 0.717) is 5.56 Å². The number of aliphatic carboxylic acids is 2. The fourth-order valence-electron chi connectivity index (χ4n) is 1.80. The molecule has 20 heavy (non-hydrogen) atoms. The Bertz CT molecular complexity index is 517. The highest BCUT2D eigenvalue weighted by molar-refractivity contribution is 6.10. The number of ketones is 1. The predicted octanol–water partition coefficient (Wildman–Crippen LogP) is -0.618. The minimum Gasteiger partial charge on any atom is -0.481 e. The van der Waals surface area contributed by atoms with Gasteiger partial charge in [-0.15, -0.1) is 0 Å². The van der Waals surface area contributed by atoms with Crippen molar-refractivity contribution in [3.8, 4) is 0 Å². The molecular weight excluding hydrogens is 264 g/mol. The lowest BCUT2D eigenvalue weighted by Gasteiger charge is -2.25. The maximum absolute atomic E-state index is 12.1. The van der Waals surface area contributed by atoms with Gasteiger partial charge in [0.2, 0.25) is 0 Å². The second-order valence-electron chi connectivity index (χ2n) is 4.51. The summed E-state index contributed by atoms with van der Waals surface area (Å²) in [6.07, 6.45) is -0.921. The first-order valence-electron chi connectivity index (χ1n) is 5.85. The highest BCUT2D eigenvalue weighted by Crippen LogP contribution is 2.15. The molecule has 0 saturated carbocycles. The number of carboxylic acid groups (broad SMARTS) is 2. The predicted molar refractivity (Wildman–Crippen MR) is 69.9 cm³/mol. The summed E-state index contributed by atoms with van der Waals surface area (Å²) in [5.74, 6) is -3.83. The minimum absolute atomic E-state index is 0.255. The van der Waals surface area contributed by atoms with E-state index in [1.807, 2.05) is 0 Å². The van der Waals surface area contributed by atoms with E-state index in [1.54, 1.807) is 30.3 Å². The zero-order valence-electron chi connectivity index (χ0n) is 10.7. The molecule has 7 heteroatoms. The number of carboxylic acids is 2. The van der Waals surface area contributed by atoms with Crippen LogP contribution in [0.4, 0.5) is 0 Å². The maximum Gasteiger partial charge on any atom is 0.331 e. The molecular formula is C13H16N2O5. The number of carbonyl (C=O) groups is 3. The van der Waals surface area contributed by atoms with E-state index in [9.17, 15) is 19.5 Å². The van der Waals surface area contributed by atoms with Gasteiger partial charge < -0.3 is 21.7 Å². The Kier molecular flexibility index (Phi) is 4.95. The van der Waals surface area contributed by atoms with Crippen molar-refractivity contribution in [2.24, 2.45) is 11.5 Å². The SMILES string of the molecule is N[C@@H](CC(=O)O)C(=O)[C@](N)(Cc1ccccc1)C(=O)O. The van der Waals surface area contributed by atoms with Gasteiger partial charge in [-0.25, -0.2) is 4.79 Å². The number of Topliss-reactive ketones (excluding diaryl/α,β-unsaturated/α-hetero) is 1. The summed E-state index contributed by atoms with van der Waals surface area (Å²) in [4.78, 5) is 33.9. The Morgan fingerprint density at radius 1 is 1.15 bits per heavy atom. The van der Waals surface area contributed by atoms with Crippen LogP contribution in [0.2, 0.25) is 0 Å². The summed E-state index contributed by atoms with van der Waals surface area (Å²) in [6.45, 7) is 0. The molecule has 0 spiro atoms. The summed E-state index contributed by atoms with van der Waals surface area (Å²) in [5, 5.41) is 17.8. The Balaban J connectivity index is 3.00. The van der Waals surface area contributed by atoms with Crippen LogP contribution in [0.3, 0.4) is 0 Å². The van der Waals surface area contributed by atoms with Crippen molar-refractivity contribution >= 4 is 17.7 Å². The summed E-state index contributed by atoms with van der Waals surface area (Å²) in [5.41, 5.74) is 9.40. The zero-order chi connectivity index (χ0) is 15.3. The summed E-state index contributed by atoms with van der Waals surface area (Å²) in [6, 6.07) is 6.89. The van der Waals surface area contributed by atoms with Crippen LogP contribution in [0.1, 0.15) is 12.0 Å². The Labute approximate surface area is 115 Å². The molecule has 0 aromatic heterocycles. The third-order valence-electron chi connectivity index (χ3n) is 2.88. The molecule has 0 fully saturated rings. The number of benzene rings is 1. The van der Waals surface area contributed by atoms with Crippen LogP contribution in [0.5, 0.6) is 0 Å². The van der Waals surface area contributed by atoms with Crippen molar-refractivity contribution in [2.75, 3.05) is 0 Å². The first kappa shape index (κ1) is 15.8. The molecule has 6 N–H and O–H groups in total. The van der Waals surface area contributed by atoms with E-state index < -0.39 is 35.7 Å². The van der Waals surface area contributed by atoms with Crippen LogP contribution in [0, 0.1) is 0 Å². The second kappa shape index (κ2) is 6.27. The van der Waals surface area contributed by atoms with Crippen LogP contribution in [0.15, 0.2) is 30.3 Å². The molecule has 0 radical (unpaired) electrons. The smallest absolute Gasteiger partial charge is 0.331 e. The highest BCUT2D eigenvalue weighted by atomic mass is 16.4. The Morgan fingerprint density at radius 3 is 2.15 bits per heavy atom. The van der Waals surface area contributed by atoms with Gasteiger partial charge in [0, 0.05) is 6.42 Å². The number of hydrogen-bond acceptors (Lipinski definition) is 5. The van der Waals surface area contributed by atoms with Crippen LogP contribution < -0.4 is 11.5 Å². The molecule has 0 amide bonds. The first-order chi connectivity index (χ1) is 9.27. The fraction of sp³-hybridized carbons (Fsp3) is 0.308. The highest BCUT2D eigenvalue weighted by Gasteiger charge is 2.44. The normalized spacial score (nSPS) is 15.1. The van der Waals surface area contributed by atoms with Crippen molar-refractivity contribution in [2.45, 2.75) is 24.4 Å². The van der Waals surface area contributed by atoms with Crippen molar-refractivity contribution in [3.05, 3.63) is 35.9 Å². The van der Waals surface area contributed by atoms with Crippen LogP contribution in [-0.4, -0.2) is 39.5 Å². The van der Waals surface area contributed by atoms with Gasteiger partial charge in [0.25, 0.3) is 0 Å². The average molecular weight is 280 g/mol. The minimum atomic E-state index is -2.24.